The van der Waals surface area contributed by atoms with E-state index in [1.54, 1.807) is 40.4 Å². The first-order valence-corrected chi connectivity index (χ1v) is 8.32. The summed E-state index contributed by atoms with van der Waals surface area (Å²) in [7, 11) is 4.75. The Bertz CT molecular complexity index is 747. The van der Waals surface area contributed by atoms with Crippen molar-refractivity contribution in [1.29, 1.82) is 0 Å². The van der Waals surface area contributed by atoms with Crippen LogP contribution in [-0.4, -0.2) is 33.3 Å². The Morgan fingerprint density at radius 3 is 2.15 bits per heavy atom. The lowest BCUT2D eigenvalue weighted by molar-refractivity contribution is -0.128. The molecule has 0 heterocycles. The van der Waals surface area contributed by atoms with Gasteiger partial charge in [-0.25, -0.2) is 0 Å². The maximum absolute atomic E-state index is 12.5. The molecular formula is C20H25NO5. The van der Waals surface area contributed by atoms with E-state index in [9.17, 15) is 4.79 Å². The van der Waals surface area contributed by atoms with E-state index < -0.39 is 6.10 Å². The molecule has 140 valence electrons. The lowest BCUT2D eigenvalue weighted by atomic mass is 10.1. The number of benzene rings is 2. The number of rotatable bonds is 8. The molecule has 2 aromatic carbocycles. The molecule has 1 N–H and O–H groups in total. The number of hydrogen-bond donors (Lipinski definition) is 1. The minimum Gasteiger partial charge on any atom is -0.497 e. The molecule has 2 rings (SSSR count). The molecule has 0 radical (unpaired) electrons. The average molecular weight is 359 g/mol. The second-order valence-electron chi connectivity index (χ2n) is 5.75. The van der Waals surface area contributed by atoms with Crippen LogP contribution in [0.25, 0.3) is 0 Å². The van der Waals surface area contributed by atoms with Gasteiger partial charge in [-0.3, -0.25) is 4.79 Å². The lowest BCUT2D eigenvalue weighted by Gasteiger charge is -2.21. The fourth-order valence-electron chi connectivity index (χ4n) is 2.55. The zero-order valence-electron chi connectivity index (χ0n) is 15.7. The van der Waals surface area contributed by atoms with Crippen LogP contribution in [0.2, 0.25) is 0 Å². The number of carbonyl (C=O) groups excluding carboxylic acids is 1. The van der Waals surface area contributed by atoms with Crippen LogP contribution in [0.4, 0.5) is 0 Å². The molecular weight excluding hydrogens is 334 g/mol. The third-order valence-corrected chi connectivity index (χ3v) is 4.00. The van der Waals surface area contributed by atoms with Crippen LogP contribution in [0.1, 0.15) is 25.5 Å². The van der Waals surface area contributed by atoms with Gasteiger partial charge in [-0.15, -0.1) is 0 Å². The zero-order valence-corrected chi connectivity index (χ0v) is 15.7. The molecule has 0 spiro atoms. The summed E-state index contributed by atoms with van der Waals surface area (Å²) in [4.78, 5) is 12.5. The van der Waals surface area contributed by atoms with Gasteiger partial charge < -0.3 is 24.3 Å². The van der Waals surface area contributed by atoms with Crippen molar-refractivity contribution < 1.29 is 23.7 Å². The molecule has 2 atom stereocenters. The number of amides is 1. The van der Waals surface area contributed by atoms with Crippen LogP contribution in [0.15, 0.2) is 42.5 Å². The molecule has 0 aromatic heterocycles. The van der Waals surface area contributed by atoms with Gasteiger partial charge in [-0.2, -0.15) is 0 Å². The van der Waals surface area contributed by atoms with E-state index in [2.05, 4.69) is 5.32 Å². The van der Waals surface area contributed by atoms with Gasteiger partial charge in [-0.1, -0.05) is 12.1 Å². The minimum absolute atomic E-state index is 0.242. The van der Waals surface area contributed by atoms with E-state index >= 15 is 0 Å². The first-order chi connectivity index (χ1) is 12.5. The summed E-state index contributed by atoms with van der Waals surface area (Å²) in [6.45, 7) is 3.57. The summed E-state index contributed by atoms with van der Waals surface area (Å²) in [5, 5.41) is 2.94. The smallest absolute Gasteiger partial charge is 0.261 e. The van der Waals surface area contributed by atoms with Crippen LogP contribution < -0.4 is 24.3 Å². The molecule has 26 heavy (non-hydrogen) atoms. The Labute approximate surface area is 154 Å². The van der Waals surface area contributed by atoms with Gasteiger partial charge in [0.15, 0.2) is 17.6 Å². The number of carbonyl (C=O) groups is 1. The van der Waals surface area contributed by atoms with Crippen molar-refractivity contribution in [1.82, 2.24) is 5.32 Å². The summed E-state index contributed by atoms with van der Waals surface area (Å²) in [5.41, 5.74) is 0.824. The van der Waals surface area contributed by atoms with E-state index in [0.29, 0.717) is 23.0 Å². The number of ether oxygens (including phenoxy) is 4. The average Bonchev–Trinajstić information content (AvgIpc) is 2.67. The molecule has 2 aromatic rings. The topological polar surface area (TPSA) is 66.0 Å². The summed E-state index contributed by atoms with van der Waals surface area (Å²) in [6, 6.07) is 12.4. The fraction of sp³-hybridized carbons (Fsp3) is 0.350. The molecule has 1 amide bonds. The van der Waals surface area contributed by atoms with Crippen molar-refractivity contribution in [2.45, 2.75) is 26.0 Å². The van der Waals surface area contributed by atoms with E-state index in [1.807, 2.05) is 37.3 Å². The number of nitrogens with one attached hydrogen (secondary N) is 1. The third kappa shape index (κ3) is 4.59. The van der Waals surface area contributed by atoms with Crippen molar-refractivity contribution in [3.63, 3.8) is 0 Å². The van der Waals surface area contributed by atoms with Crippen molar-refractivity contribution in [3.8, 4) is 23.0 Å². The highest BCUT2D eigenvalue weighted by atomic mass is 16.5. The van der Waals surface area contributed by atoms with Gasteiger partial charge in [0, 0.05) is 5.56 Å². The highest BCUT2D eigenvalue weighted by Gasteiger charge is 2.21. The maximum Gasteiger partial charge on any atom is 0.261 e. The summed E-state index contributed by atoms with van der Waals surface area (Å²) >= 11 is 0. The Hall–Kier alpha value is -2.89. The highest BCUT2D eigenvalue weighted by molar-refractivity contribution is 5.81. The van der Waals surface area contributed by atoms with Crippen molar-refractivity contribution in [2.24, 2.45) is 0 Å². The van der Waals surface area contributed by atoms with Gasteiger partial charge in [0.2, 0.25) is 0 Å². The van der Waals surface area contributed by atoms with Gasteiger partial charge in [-0.05, 0) is 44.2 Å². The van der Waals surface area contributed by atoms with E-state index in [4.69, 9.17) is 18.9 Å². The van der Waals surface area contributed by atoms with Crippen molar-refractivity contribution >= 4 is 5.91 Å². The van der Waals surface area contributed by atoms with Gasteiger partial charge >= 0.3 is 0 Å². The van der Waals surface area contributed by atoms with Gasteiger partial charge in [0.05, 0.1) is 27.4 Å². The van der Waals surface area contributed by atoms with Crippen LogP contribution in [0, 0.1) is 0 Å². The van der Waals surface area contributed by atoms with E-state index in [-0.39, 0.29) is 11.9 Å². The summed E-state index contributed by atoms with van der Waals surface area (Å²) < 4.78 is 21.6. The molecule has 0 aliphatic rings. The standard InChI is InChI=1S/C20H25NO5/c1-13(16-12-15(23-3)10-11-17(16)24-4)21-20(22)14(2)26-19-9-7-6-8-18(19)25-5/h6-14H,1-5H3,(H,21,22)/t13-,14+/m0/s1. The zero-order chi connectivity index (χ0) is 19.1. The Morgan fingerprint density at radius 1 is 0.885 bits per heavy atom. The van der Waals surface area contributed by atoms with E-state index in [1.165, 1.54) is 0 Å². The number of para-hydroxylation sites is 2. The normalized spacial score (nSPS) is 12.7. The van der Waals surface area contributed by atoms with E-state index in [0.717, 1.165) is 5.56 Å². The first-order valence-electron chi connectivity index (χ1n) is 8.32. The largest absolute Gasteiger partial charge is 0.497 e. The van der Waals surface area contributed by atoms with Crippen LogP contribution >= 0.6 is 0 Å². The third-order valence-electron chi connectivity index (χ3n) is 4.00. The summed E-state index contributed by atoms with van der Waals surface area (Å²) in [5.74, 6) is 2.23. The molecule has 6 heteroatoms. The monoisotopic (exact) mass is 359 g/mol. The number of methoxy groups -OCH3 is 3. The Balaban J connectivity index is 2.09. The fourth-order valence-corrected chi connectivity index (χ4v) is 2.55. The highest BCUT2D eigenvalue weighted by Crippen LogP contribution is 2.30. The van der Waals surface area contributed by atoms with Crippen molar-refractivity contribution in [3.05, 3.63) is 48.0 Å². The van der Waals surface area contributed by atoms with Crippen molar-refractivity contribution in [2.75, 3.05) is 21.3 Å². The molecule has 0 saturated carbocycles. The van der Waals surface area contributed by atoms with Crippen LogP contribution in [0.3, 0.4) is 0 Å². The Kier molecular flexibility index (Phi) is 6.72. The SMILES string of the molecule is COc1ccc(OC)c([C@H](C)NC(=O)[C@@H](C)Oc2ccccc2OC)c1. The second kappa shape index (κ2) is 8.99. The molecule has 0 aliphatic carbocycles. The van der Waals surface area contributed by atoms with Gasteiger partial charge in [0.1, 0.15) is 11.5 Å². The molecule has 0 aliphatic heterocycles. The van der Waals surface area contributed by atoms with Gasteiger partial charge in [0.25, 0.3) is 5.91 Å². The quantitative estimate of drug-likeness (QED) is 0.783. The predicted octanol–water partition coefficient (Wildman–Crippen LogP) is 3.36. The van der Waals surface area contributed by atoms with Crippen LogP contribution in [-0.2, 0) is 4.79 Å². The minimum atomic E-state index is -0.689. The molecule has 0 fully saturated rings. The summed E-state index contributed by atoms with van der Waals surface area (Å²) in [6.07, 6.45) is -0.689. The Morgan fingerprint density at radius 2 is 1.54 bits per heavy atom. The van der Waals surface area contributed by atoms with Crippen LogP contribution in [0.5, 0.6) is 23.0 Å². The second-order valence-corrected chi connectivity index (χ2v) is 5.75. The first kappa shape index (κ1) is 19.4. The molecule has 0 bridgehead atoms. The maximum atomic E-state index is 12.5. The molecule has 6 nitrogen and oxygen atoms in total. The molecule has 0 saturated heterocycles. The number of hydrogen-bond acceptors (Lipinski definition) is 5. The lowest BCUT2D eigenvalue weighted by Crippen LogP contribution is -2.37. The molecule has 0 unspecified atom stereocenters. The predicted molar refractivity (Wildman–Crippen MR) is 99.2 cm³/mol.